The van der Waals surface area contributed by atoms with Crippen molar-refractivity contribution < 1.29 is 9.53 Å². The first-order chi connectivity index (χ1) is 10.0. The molecule has 1 aromatic rings. The first-order valence-corrected chi connectivity index (χ1v) is 7.71. The first-order valence-electron chi connectivity index (χ1n) is 7.71. The normalized spacial score (nSPS) is 14.1. The smallest absolute Gasteiger partial charge is 0.242 e. The predicted molar refractivity (Wildman–Crippen MR) is 85.9 cm³/mol. The summed E-state index contributed by atoms with van der Waals surface area (Å²) in [6.45, 7) is 8.20. The molecule has 0 aromatic heterocycles. The summed E-state index contributed by atoms with van der Waals surface area (Å²) in [6, 6.07) is 9.64. The van der Waals surface area contributed by atoms with Gasteiger partial charge in [-0.05, 0) is 24.4 Å². The zero-order chi connectivity index (χ0) is 15.7. The topological polar surface area (TPSA) is 64.3 Å². The Morgan fingerprint density at radius 3 is 2.48 bits per heavy atom. The van der Waals surface area contributed by atoms with E-state index in [0.717, 1.165) is 12.0 Å². The number of amides is 1. The number of benzene rings is 1. The van der Waals surface area contributed by atoms with Gasteiger partial charge in [0.1, 0.15) is 5.54 Å². The third kappa shape index (κ3) is 5.14. The highest BCUT2D eigenvalue weighted by Crippen LogP contribution is 2.25. The van der Waals surface area contributed by atoms with E-state index < -0.39 is 5.54 Å². The number of rotatable bonds is 10. The van der Waals surface area contributed by atoms with Crippen LogP contribution in [0.5, 0.6) is 0 Å². The van der Waals surface area contributed by atoms with E-state index in [-0.39, 0.29) is 5.91 Å². The molecule has 0 saturated heterocycles. The minimum absolute atomic E-state index is 0.358. The van der Waals surface area contributed by atoms with Gasteiger partial charge in [0.05, 0.1) is 0 Å². The molecule has 0 aliphatic heterocycles. The van der Waals surface area contributed by atoms with Crippen molar-refractivity contribution in [1.29, 1.82) is 0 Å². The molecule has 0 bridgehead atoms. The van der Waals surface area contributed by atoms with Crippen LogP contribution in [0.4, 0.5) is 0 Å². The number of carbonyl (C=O) groups excluding carboxylic acids is 1. The molecule has 21 heavy (non-hydrogen) atoms. The summed E-state index contributed by atoms with van der Waals surface area (Å²) < 4.78 is 5.67. The fourth-order valence-corrected chi connectivity index (χ4v) is 2.36. The summed E-state index contributed by atoms with van der Waals surface area (Å²) in [4.78, 5) is 12.1. The molecule has 1 rings (SSSR count). The molecule has 4 nitrogen and oxygen atoms in total. The highest BCUT2D eigenvalue weighted by Gasteiger charge is 2.37. The number of carbonyl (C=O) groups is 1. The molecule has 3 N–H and O–H groups in total. The lowest BCUT2D eigenvalue weighted by Gasteiger charge is -2.32. The van der Waals surface area contributed by atoms with Gasteiger partial charge in [0.15, 0.2) is 0 Å². The number of likely N-dealkylation sites (N-methyl/N-ethyl adjacent to an activating group) is 1. The Bertz CT molecular complexity index is 420. The van der Waals surface area contributed by atoms with Crippen molar-refractivity contribution in [3.8, 4) is 0 Å². The van der Waals surface area contributed by atoms with Crippen LogP contribution in [0, 0.1) is 5.92 Å². The number of nitrogens with two attached hydrogens (primary N) is 1. The van der Waals surface area contributed by atoms with Crippen molar-refractivity contribution in [1.82, 2.24) is 5.32 Å². The van der Waals surface area contributed by atoms with Gasteiger partial charge in [-0.1, -0.05) is 51.1 Å². The summed E-state index contributed by atoms with van der Waals surface area (Å²) in [7, 11) is 0. The molecule has 118 valence electrons. The molecule has 1 aromatic carbocycles. The molecule has 1 unspecified atom stereocenters. The van der Waals surface area contributed by atoms with Gasteiger partial charge in [0.2, 0.25) is 5.91 Å². The van der Waals surface area contributed by atoms with E-state index in [2.05, 4.69) is 19.2 Å². The average Bonchev–Trinajstić information content (AvgIpc) is 2.46. The molecule has 0 aliphatic rings. The molecular weight excluding hydrogens is 264 g/mol. The van der Waals surface area contributed by atoms with Crippen LogP contribution in [-0.4, -0.2) is 25.7 Å². The molecule has 1 atom stereocenters. The third-order valence-corrected chi connectivity index (χ3v) is 3.63. The Morgan fingerprint density at radius 1 is 1.29 bits per heavy atom. The summed E-state index contributed by atoms with van der Waals surface area (Å²) in [6.07, 6.45) is 1.56. The largest absolute Gasteiger partial charge is 0.381 e. The maximum absolute atomic E-state index is 12.1. The fourth-order valence-electron chi connectivity index (χ4n) is 2.36. The zero-order valence-corrected chi connectivity index (χ0v) is 13.4. The van der Waals surface area contributed by atoms with E-state index in [9.17, 15) is 4.79 Å². The quantitative estimate of drug-likeness (QED) is 0.651. The first kappa shape index (κ1) is 17.7. The SMILES string of the molecule is CCNC(CCOCCC(C)C)(C(N)=O)c1ccccc1. The summed E-state index contributed by atoms with van der Waals surface area (Å²) in [5.41, 5.74) is 5.74. The van der Waals surface area contributed by atoms with Crippen molar-refractivity contribution in [3.63, 3.8) is 0 Å². The lowest BCUT2D eigenvalue weighted by molar-refractivity contribution is -0.125. The number of hydrogen-bond acceptors (Lipinski definition) is 3. The Kier molecular flexibility index (Phi) is 7.40. The number of primary amides is 1. The number of hydrogen-bond donors (Lipinski definition) is 2. The highest BCUT2D eigenvalue weighted by molar-refractivity contribution is 5.86. The van der Waals surface area contributed by atoms with E-state index >= 15 is 0 Å². The molecule has 0 aliphatic carbocycles. The molecule has 0 fully saturated rings. The van der Waals surface area contributed by atoms with Crippen molar-refractivity contribution in [2.24, 2.45) is 11.7 Å². The predicted octanol–water partition coefficient (Wildman–Crippen LogP) is 2.43. The highest BCUT2D eigenvalue weighted by atomic mass is 16.5. The van der Waals surface area contributed by atoms with Gasteiger partial charge in [-0.3, -0.25) is 10.1 Å². The Balaban J connectivity index is 2.75. The maximum Gasteiger partial charge on any atom is 0.242 e. The number of nitrogens with one attached hydrogen (secondary N) is 1. The summed E-state index contributed by atoms with van der Waals surface area (Å²) >= 11 is 0. The summed E-state index contributed by atoms with van der Waals surface area (Å²) in [5, 5.41) is 3.26. The van der Waals surface area contributed by atoms with Crippen molar-refractivity contribution >= 4 is 5.91 Å². The Hall–Kier alpha value is -1.39. The second-order valence-corrected chi connectivity index (χ2v) is 5.71. The maximum atomic E-state index is 12.1. The van der Waals surface area contributed by atoms with Gasteiger partial charge >= 0.3 is 0 Å². The van der Waals surface area contributed by atoms with Gasteiger partial charge in [-0.2, -0.15) is 0 Å². The summed E-state index contributed by atoms with van der Waals surface area (Å²) in [5.74, 6) is 0.261. The second kappa shape index (κ2) is 8.80. The Morgan fingerprint density at radius 2 is 1.95 bits per heavy atom. The van der Waals surface area contributed by atoms with Crippen molar-refractivity contribution in [2.75, 3.05) is 19.8 Å². The van der Waals surface area contributed by atoms with E-state index in [4.69, 9.17) is 10.5 Å². The van der Waals surface area contributed by atoms with Crippen LogP contribution in [0.3, 0.4) is 0 Å². The van der Waals surface area contributed by atoms with Crippen LogP contribution in [-0.2, 0) is 15.1 Å². The monoisotopic (exact) mass is 292 g/mol. The average molecular weight is 292 g/mol. The van der Waals surface area contributed by atoms with Crippen LogP contribution in [0.25, 0.3) is 0 Å². The molecule has 0 saturated carbocycles. The zero-order valence-electron chi connectivity index (χ0n) is 13.4. The van der Waals surface area contributed by atoms with Gasteiger partial charge < -0.3 is 10.5 Å². The van der Waals surface area contributed by atoms with Gasteiger partial charge in [-0.25, -0.2) is 0 Å². The third-order valence-electron chi connectivity index (χ3n) is 3.63. The van der Waals surface area contributed by atoms with Crippen LogP contribution in [0.15, 0.2) is 30.3 Å². The minimum atomic E-state index is -0.853. The van der Waals surface area contributed by atoms with Crippen molar-refractivity contribution in [3.05, 3.63) is 35.9 Å². The fraction of sp³-hybridized carbons (Fsp3) is 0.588. The lowest BCUT2D eigenvalue weighted by atomic mass is 9.86. The molecule has 0 heterocycles. The van der Waals surface area contributed by atoms with Crippen LogP contribution >= 0.6 is 0 Å². The molecule has 0 spiro atoms. The van der Waals surface area contributed by atoms with E-state index in [1.165, 1.54) is 0 Å². The van der Waals surface area contributed by atoms with Gasteiger partial charge in [0, 0.05) is 19.6 Å². The molecule has 1 amide bonds. The molecule has 0 radical (unpaired) electrons. The number of ether oxygens (including phenoxy) is 1. The lowest BCUT2D eigenvalue weighted by Crippen LogP contribution is -2.53. The van der Waals surface area contributed by atoms with E-state index in [0.29, 0.717) is 32.1 Å². The second-order valence-electron chi connectivity index (χ2n) is 5.71. The molecule has 4 heteroatoms. The standard InChI is InChI=1S/C17H28N2O2/c1-4-19-17(16(18)20,15-8-6-5-7-9-15)11-13-21-12-10-14(2)3/h5-9,14,19H,4,10-13H2,1-3H3,(H2,18,20). The van der Waals surface area contributed by atoms with Gasteiger partial charge in [0.25, 0.3) is 0 Å². The van der Waals surface area contributed by atoms with Crippen molar-refractivity contribution in [2.45, 2.75) is 39.2 Å². The Labute approximate surface area is 128 Å². The van der Waals surface area contributed by atoms with Gasteiger partial charge in [-0.15, -0.1) is 0 Å². The molecular formula is C17H28N2O2. The van der Waals surface area contributed by atoms with Crippen LogP contribution < -0.4 is 11.1 Å². The van der Waals surface area contributed by atoms with Crippen LogP contribution in [0.1, 0.15) is 39.2 Å². The van der Waals surface area contributed by atoms with E-state index in [1.807, 2.05) is 37.3 Å². The van der Waals surface area contributed by atoms with E-state index in [1.54, 1.807) is 0 Å². The van der Waals surface area contributed by atoms with Crippen LogP contribution in [0.2, 0.25) is 0 Å². The minimum Gasteiger partial charge on any atom is -0.381 e.